The topological polar surface area (TPSA) is 49.4 Å². The summed E-state index contributed by atoms with van der Waals surface area (Å²) in [4.78, 5) is 26.1. The fourth-order valence-electron chi connectivity index (χ4n) is 2.88. The highest BCUT2D eigenvalue weighted by Gasteiger charge is 2.21. The lowest BCUT2D eigenvalue weighted by atomic mass is 10.1. The molecule has 0 atom stereocenters. The minimum absolute atomic E-state index is 0.116. The first kappa shape index (κ1) is 16.7. The highest BCUT2D eigenvalue weighted by molar-refractivity contribution is 9.10. The molecular weight excluding hydrogens is 368 g/mol. The van der Waals surface area contributed by atoms with Crippen LogP contribution in [0.1, 0.15) is 34.3 Å². The number of nitrogens with zero attached hydrogens (tertiary/aromatic N) is 1. The van der Waals surface area contributed by atoms with Crippen molar-refractivity contribution in [1.82, 2.24) is 10.2 Å². The molecule has 1 heterocycles. The number of amides is 2. The molecule has 24 heavy (non-hydrogen) atoms. The summed E-state index contributed by atoms with van der Waals surface area (Å²) in [5.74, 6) is 0.0941. The molecule has 1 N–H and O–H groups in total. The van der Waals surface area contributed by atoms with Crippen molar-refractivity contribution >= 4 is 27.7 Å². The molecule has 1 saturated heterocycles. The Labute approximate surface area is 150 Å². The molecule has 2 aromatic carbocycles. The standard InChI is InChI=1S/C19H19BrN2O2/c20-17-9-4-3-8-16(17)19(24)21-12-14-6-1-2-7-15(14)13-22-11-5-10-18(22)23/h1-4,6-9H,5,10-13H2,(H,21,24). The van der Waals surface area contributed by atoms with Gasteiger partial charge in [-0.05, 0) is 45.6 Å². The van der Waals surface area contributed by atoms with Crippen molar-refractivity contribution in [2.75, 3.05) is 6.54 Å². The maximum absolute atomic E-state index is 12.3. The van der Waals surface area contributed by atoms with Gasteiger partial charge in [0.2, 0.25) is 5.91 Å². The second-order valence-corrected chi connectivity index (χ2v) is 6.70. The van der Waals surface area contributed by atoms with Gasteiger partial charge in [-0.1, -0.05) is 36.4 Å². The summed E-state index contributed by atoms with van der Waals surface area (Å²) >= 11 is 3.40. The Morgan fingerprint density at radius 2 is 1.79 bits per heavy atom. The number of rotatable bonds is 5. The van der Waals surface area contributed by atoms with E-state index in [0.29, 0.717) is 25.1 Å². The molecule has 1 aliphatic heterocycles. The lowest BCUT2D eigenvalue weighted by molar-refractivity contribution is -0.128. The summed E-state index contributed by atoms with van der Waals surface area (Å²) in [6.45, 7) is 1.87. The Hall–Kier alpha value is -2.14. The van der Waals surface area contributed by atoms with E-state index in [4.69, 9.17) is 0 Å². The normalized spacial score (nSPS) is 14.0. The van der Waals surface area contributed by atoms with Crippen LogP contribution in [0.25, 0.3) is 0 Å². The number of benzene rings is 2. The molecule has 124 valence electrons. The Bertz CT molecular complexity index is 761. The smallest absolute Gasteiger partial charge is 0.252 e. The molecule has 2 amide bonds. The number of nitrogens with one attached hydrogen (secondary N) is 1. The summed E-state index contributed by atoms with van der Waals surface area (Å²) < 4.78 is 0.776. The minimum Gasteiger partial charge on any atom is -0.348 e. The third-order valence-corrected chi connectivity index (χ3v) is 4.90. The van der Waals surface area contributed by atoms with E-state index in [1.165, 1.54) is 0 Å². The predicted octanol–water partition coefficient (Wildman–Crippen LogP) is 3.50. The molecule has 3 rings (SSSR count). The number of likely N-dealkylation sites (tertiary alicyclic amines) is 1. The molecule has 5 heteroatoms. The summed E-state index contributed by atoms with van der Waals surface area (Å²) in [5, 5.41) is 2.96. The average molecular weight is 387 g/mol. The van der Waals surface area contributed by atoms with Crippen LogP contribution in [0.4, 0.5) is 0 Å². The molecule has 0 spiro atoms. The Balaban J connectivity index is 1.68. The number of hydrogen-bond donors (Lipinski definition) is 1. The van der Waals surface area contributed by atoms with Gasteiger partial charge in [0.1, 0.15) is 0 Å². The van der Waals surface area contributed by atoms with Crippen LogP contribution in [-0.4, -0.2) is 23.3 Å². The largest absolute Gasteiger partial charge is 0.348 e. The second kappa shape index (κ2) is 7.62. The van der Waals surface area contributed by atoms with Crippen LogP contribution >= 0.6 is 15.9 Å². The van der Waals surface area contributed by atoms with Crippen molar-refractivity contribution in [2.24, 2.45) is 0 Å². The summed E-state index contributed by atoms with van der Waals surface area (Å²) in [5.41, 5.74) is 2.74. The minimum atomic E-state index is -0.116. The zero-order valence-corrected chi connectivity index (χ0v) is 14.9. The zero-order valence-electron chi connectivity index (χ0n) is 13.3. The lowest BCUT2D eigenvalue weighted by Gasteiger charge is -2.18. The van der Waals surface area contributed by atoms with E-state index in [0.717, 1.165) is 28.6 Å². The van der Waals surface area contributed by atoms with Crippen LogP contribution in [0.5, 0.6) is 0 Å². The number of hydrogen-bond acceptors (Lipinski definition) is 2. The van der Waals surface area contributed by atoms with Crippen molar-refractivity contribution in [2.45, 2.75) is 25.9 Å². The molecule has 0 radical (unpaired) electrons. The number of carbonyl (C=O) groups is 2. The van der Waals surface area contributed by atoms with Gasteiger partial charge in [-0.2, -0.15) is 0 Å². The van der Waals surface area contributed by atoms with Crippen LogP contribution in [0, 0.1) is 0 Å². The van der Waals surface area contributed by atoms with Gasteiger partial charge in [0, 0.05) is 30.5 Å². The van der Waals surface area contributed by atoms with E-state index in [1.807, 2.05) is 47.4 Å². The molecular formula is C19H19BrN2O2. The first-order valence-electron chi connectivity index (χ1n) is 8.02. The van der Waals surface area contributed by atoms with Gasteiger partial charge in [0.05, 0.1) is 5.56 Å². The van der Waals surface area contributed by atoms with Gasteiger partial charge in [0.15, 0.2) is 0 Å². The van der Waals surface area contributed by atoms with Gasteiger partial charge in [-0.25, -0.2) is 0 Å². The van der Waals surface area contributed by atoms with E-state index >= 15 is 0 Å². The van der Waals surface area contributed by atoms with Gasteiger partial charge >= 0.3 is 0 Å². The third-order valence-electron chi connectivity index (χ3n) is 4.21. The molecule has 2 aromatic rings. The Kier molecular flexibility index (Phi) is 5.30. The van der Waals surface area contributed by atoms with Crippen LogP contribution in [0.15, 0.2) is 53.0 Å². The fraction of sp³-hybridized carbons (Fsp3) is 0.263. The van der Waals surface area contributed by atoms with E-state index in [1.54, 1.807) is 6.07 Å². The van der Waals surface area contributed by atoms with Crippen molar-refractivity contribution in [1.29, 1.82) is 0 Å². The molecule has 4 nitrogen and oxygen atoms in total. The van der Waals surface area contributed by atoms with Crippen LogP contribution in [-0.2, 0) is 17.9 Å². The lowest BCUT2D eigenvalue weighted by Crippen LogP contribution is -2.27. The van der Waals surface area contributed by atoms with Crippen molar-refractivity contribution in [3.8, 4) is 0 Å². The van der Waals surface area contributed by atoms with Crippen LogP contribution < -0.4 is 5.32 Å². The quantitative estimate of drug-likeness (QED) is 0.854. The van der Waals surface area contributed by atoms with Crippen LogP contribution in [0.3, 0.4) is 0 Å². The SMILES string of the molecule is O=C(NCc1ccccc1CN1CCCC1=O)c1ccccc1Br. The van der Waals surface area contributed by atoms with E-state index in [2.05, 4.69) is 21.2 Å². The van der Waals surface area contributed by atoms with Gasteiger partial charge < -0.3 is 10.2 Å². The van der Waals surface area contributed by atoms with Crippen molar-refractivity contribution < 1.29 is 9.59 Å². The zero-order chi connectivity index (χ0) is 16.9. The molecule has 0 bridgehead atoms. The predicted molar refractivity (Wildman–Crippen MR) is 96.4 cm³/mol. The monoisotopic (exact) mass is 386 g/mol. The fourth-order valence-corrected chi connectivity index (χ4v) is 3.34. The van der Waals surface area contributed by atoms with Gasteiger partial charge in [0.25, 0.3) is 5.91 Å². The van der Waals surface area contributed by atoms with E-state index < -0.39 is 0 Å². The highest BCUT2D eigenvalue weighted by Crippen LogP contribution is 2.18. The molecule has 0 aromatic heterocycles. The highest BCUT2D eigenvalue weighted by atomic mass is 79.9. The average Bonchev–Trinajstić information content (AvgIpc) is 2.99. The van der Waals surface area contributed by atoms with Crippen molar-refractivity contribution in [3.63, 3.8) is 0 Å². The molecule has 0 saturated carbocycles. The van der Waals surface area contributed by atoms with Gasteiger partial charge in [-0.3, -0.25) is 9.59 Å². The Morgan fingerprint density at radius 1 is 1.08 bits per heavy atom. The maximum atomic E-state index is 12.3. The first-order chi connectivity index (χ1) is 11.6. The molecule has 0 unspecified atom stereocenters. The third kappa shape index (κ3) is 3.85. The second-order valence-electron chi connectivity index (χ2n) is 5.85. The van der Waals surface area contributed by atoms with Gasteiger partial charge in [-0.15, -0.1) is 0 Å². The number of halogens is 1. The molecule has 1 fully saturated rings. The first-order valence-corrected chi connectivity index (χ1v) is 8.82. The van der Waals surface area contributed by atoms with E-state index in [-0.39, 0.29) is 11.8 Å². The molecule has 0 aliphatic carbocycles. The van der Waals surface area contributed by atoms with Crippen molar-refractivity contribution in [3.05, 3.63) is 69.7 Å². The van der Waals surface area contributed by atoms with Crippen LogP contribution in [0.2, 0.25) is 0 Å². The molecule has 1 aliphatic rings. The maximum Gasteiger partial charge on any atom is 0.252 e. The Morgan fingerprint density at radius 3 is 2.50 bits per heavy atom. The summed E-state index contributed by atoms with van der Waals surface area (Å²) in [6, 6.07) is 15.3. The summed E-state index contributed by atoms with van der Waals surface area (Å²) in [6.07, 6.45) is 1.57. The van der Waals surface area contributed by atoms with E-state index in [9.17, 15) is 9.59 Å². The number of carbonyl (C=O) groups excluding carboxylic acids is 2. The summed E-state index contributed by atoms with van der Waals surface area (Å²) in [7, 11) is 0.